The normalized spacial score (nSPS) is 18.1. The predicted molar refractivity (Wildman–Crippen MR) is 126 cm³/mol. The molecule has 30 heavy (non-hydrogen) atoms. The van der Waals surface area contributed by atoms with Crippen LogP contribution < -0.4 is 5.63 Å². The zero-order valence-electron chi connectivity index (χ0n) is 18.3. The number of hydrogen-bond acceptors (Lipinski definition) is 4. The average molecular weight is 418 g/mol. The molecule has 0 bridgehead atoms. The van der Waals surface area contributed by atoms with Crippen LogP contribution in [0.3, 0.4) is 0 Å². The number of nitrogens with zero attached hydrogens (tertiary/aromatic N) is 1. The lowest BCUT2D eigenvalue weighted by atomic mass is 9.68. The highest BCUT2D eigenvalue weighted by atomic mass is 32.1. The number of fused-ring (bicyclic) bond motifs is 3. The standard InChI is InChI=1S/C26H27NO2S/c1-6-16-7-8-26(4,5)20-12-17-11-19(25(28)29-22(17)13-18(16)20)24-27-21-9-14(2)15(3)10-23(21)30-24/h9-13,16H,6-8H2,1-5H3. The van der Waals surface area contributed by atoms with Crippen LogP contribution in [0.25, 0.3) is 31.8 Å². The highest BCUT2D eigenvalue weighted by molar-refractivity contribution is 7.21. The molecule has 2 aromatic carbocycles. The molecule has 1 unspecified atom stereocenters. The van der Waals surface area contributed by atoms with Crippen LogP contribution in [-0.2, 0) is 5.41 Å². The Hall–Kier alpha value is -2.46. The summed E-state index contributed by atoms with van der Waals surface area (Å²) in [5.41, 5.74) is 7.20. The summed E-state index contributed by atoms with van der Waals surface area (Å²) in [7, 11) is 0. The van der Waals surface area contributed by atoms with Crippen molar-refractivity contribution in [3.8, 4) is 10.6 Å². The van der Waals surface area contributed by atoms with Gasteiger partial charge in [0.2, 0.25) is 0 Å². The third kappa shape index (κ3) is 3.01. The second-order valence-corrected chi connectivity index (χ2v) is 10.4. The molecule has 0 amide bonds. The van der Waals surface area contributed by atoms with Crippen molar-refractivity contribution < 1.29 is 4.42 Å². The number of benzene rings is 2. The molecule has 1 atom stereocenters. The summed E-state index contributed by atoms with van der Waals surface area (Å²) in [6, 6.07) is 10.6. The molecule has 154 valence electrons. The van der Waals surface area contributed by atoms with E-state index in [1.54, 1.807) is 11.3 Å². The minimum atomic E-state index is -0.307. The lowest BCUT2D eigenvalue weighted by Gasteiger charge is -2.37. The molecule has 2 heterocycles. The van der Waals surface area contributed by atoms with Crippen molar-refractivity contribution in [3.63, 3.8) is 0 Å². The first-order valence-corrected chi connectivity index (χ1v) is 11.6. The number of aromatic nitrogens is 1. The highest BCUT2D eigenvalue weighted by Gasteiger charge is 2.32. The molecule has 5 rings (SSSR count). The fraction of sp³-hybridized carbons (Fsp3) is 0.385. The second-order valence-electron chi connectivity index (χ2n) is 9.38. The van der Waals surface area contributed by atoms with Crippen molar-refractivity contribution in [2.24, 2.45) is 0 Å². The molecule has 0 saturated heterocycles. The van der Waals surface area contributed by atoms with Gasteiger partial charge in [0.05, 0.1) is 15.8 Å². The van der Waals surface area contributed by atoms with E-state index in [1.807, 2.05) is 6.07 Å². The van der Waals surface area contributed by atoms with E-state index in [0.717, 1.165) is 27.0 Å². The van der Waals surface area contributed by atoms with Gasteiger partial charge in [0.15, 0.2) is 0 Å². The first-order valence-electron chi connectivity index (χ1n) is 10.8. The maximum atomic E-state index is 12.9. The van der Waals surface area contributed by atoms with Gasteiger partial charge in [0.25, 0.3) is 0 Å². The van der Waals surface area contributed by atoms with Crippen molar-refractivity contribution in [1.82, 2.24) is 4.98 Å². The van der Waals surface area contributed by atoms with Crippen molar-refractivity contribution >= 4 is 32.5 Å². The summed E-state index contributed by atoms with van der Waals surface area (Å²) in [5.74, 6) is 0.540. The first kappa shape index (κ1) is 19.5. The van der Waals surface area contributed by atoms with E-state index in [2.05, 4.69) is 58.9 Å². The van der Waals surface area contributed by atoms with Crippen LogP contribution in [0, 0.1) is 13.8 Å². The molecule has 0 spiro atoms. The van der Waals surface area contributed by atoms with Gasteiger partial charge in [-0.25, -0.2) is 9.78 Å². The topological polar surface area (TPSA) is 43.1 Å². The Morgan fingerprint density at radius 3 is 2.67 bits per heavy atom. The summed E-state index contributed by atoms with van der Waals surface area (Å²) in [5, 5.41) is 1.72. The van der Waals surface area contributed by atoms with Crippen LogP contribution >= 0.6 is 11.3 Å². The van der Waals surface area contributed by atoms with Crippen LogP contribution in [0.15, 0.2) is 39.5 Å². The van der Waals surface area contributed by atoms with E-state index in [-0.39, 0.29) is 11.0 Å². The third-order valence-corrected chi connectivity index (χ3v) is 7.97. The molecule has 1 aliphatic rings. The van der Waals surface area contributed by atoms with E-state index >= 15 is 0 Å². The van der Waals surface area contributed by atoms with Crippen molar-refractivity contribution in [2.75, 3.05) is 0 Å². The lowest BCUT2D eigenvalue weighted by Crippen LogP contribution is -2.26. The van der Waals surface area contributed by atoms with Gasteiger partial charge in [-0.15, -0.1) is 11.3 Å². The Bertz CT molecular complexity index is 1320. The van der Waals surface area contributed by atoms with E-state index in [1.165, 1.54) is 35.1 Å². The molecule has 3 nitrogen and oxygen atoms in total. The van der Waals surface area contributed by atoms with Crippen molar-refractivity contribution in [1.29, 1.82) is 0 Å². The summed E-state index contributed by atoms with van der Waals surface area (Å²) >= 11 is 1.56. The Kier molecular flexibility index (Phi) is 4.41. The van der Waals surface area contributed by atoms with Gasteiger partial charge in [0.1, 0.15) is 10.6 Å². The van der Waals surface area contributed by atoms with Gasteiger partial charge in [-0.2, -0.15) is 0 Å². The molecular formula is C26H27NO2S. The number of aryl methyl sites for hydroxylation is 2. The maximum absolute atomic E-state index is 12.9. The summed E-state index contributed by atoms with van der Waals surface area (Å²) in [6.45, 7) is 11.1. The van der Waals surface area contributed by atoms with Gasteiger partial charge in [-0.05, 0) is 97.0 Å². The quantitative estimate of drug-likeness (QED) is 0.323. The highest BCUT2D eigenvalue weighted by Crippen LogP contribution is 2.45. The molecule has 0 radical (unpaired) electrons. The van der Waals surface area contributed by atoms with E-state index < -0.39 is 0 Å². The van der Waals surface area contributed by atoms with Crippen LogP contribution in [0.2, 0.25) is 0 Å². The Balaban J connectivity index is 1.71. The van der Waals surface area contributed by atoms with Crippen molar-refractivity contribution in [2.45, 2.75) is 65.2 Å². The van der Waals surface area contributed by atoms with E-state index in [9.17, 15) is 4.79 Å². The molecule has 1 aliphatic carbocycles. The summed E-state index contributed by atoms with van der Waals surface area (Å²) in [4.78, 5) is 17.6. The smallest absolute Gasteiger partial charge is 0.346 e. The summed E-state index contributed by atoms with van der Waals surface area (Å²) in [6.07, 6.45) is 3.49. The fourth-order valence-corrected chi connectivity index (χ4v) is 5.85. The second kappa shape index (κ2) is 6.78. The zero-order chi connectivity index (χ0) is 21.2. The van der Waals surface area contributed by atoms with Gasteiger partial charge in [0, 0.05) is 5.39 Å². The van der Waals surface area contributed by atoms with Crippen molar-refractivity contribution in [3.05, 3.63) is 63.0 Å². The van der Waals surface area contributed by atoms with E-state index in [4.69, 9.17) is 9.40 Å². The largest absolute Gasteiger partial charge is 0.422 e. The number of thiazole rings is 1. The van der Waals surface area contributed by atoms with Crippen LogP contribution in [-0.4, -0.2) is 4.98 Å². The predicted octanol–water partition coefficient (Wildman–Crippen LogP) is 7.25. The molecule has 2 aromatic heterocycles. The fourth-order valence-electron chi connectivity index (χ4n) is 4.80. The molecule has 0 aliphatic heterocycles. The first-order chi connectivity index (χ1) is 14.3. The zero-order valence-corrected chi connectivity index (χ0v) is 19.1. The minimum absolute atomic E-state index is 0.135. The average Bonchev–Trinajstić information content (AvgIpc) is 3.09. The van der Waals surface area contributed by atoms with Gasteiger partial charge in [-0.3, -0.25) is 0 Å². The third-order valence-electron chi connectivity index (χ3n) is 6.92. The summed E-state index contributed by atoms with van der Waals surface area (Å²) < 4.78 is 6.93. The monoisotopic (exact) mass is 417 g/mol. The molecular weight excluding hydrogens is 390 g/mol. The Morgan fingerprint density at radius 2 is 1.90 bits per heavy atom. The SMILES string of the molecule is CCC1CCC(C)(C)c2cc3cc(-c4nc5cc(C)c(C)cc5s4)c(=O)oc3cc21. The van der Waals surface area contributed by atoms with Crippen LogP contribution in [0.4, 0.5) is 0 Å². The van der Waals surface area contributed by atoms with Gasteiger partial charge < -0.3 is 4.42 Å². The lowest BCUT2D eigenvalue weighted by molar-refractivity contribution is 0.387. The van der Waals surface area contributed by atoms with Crippen LogP contribution in [0.5, 0.6) is 0 Å². The molecule has 0 fully saturated rings. The number of rotatable bonds is 2. The minimum Gasteiger partial charge on any atom is -0.422 e. The maximum Gasteiger partial charge on any atom is 0.346 e. The molecule has 0 N–H and O–H groups in total. The number of hydrogen-bond donors (Lipinski definition) is 0. The van der Waals surface area contributed by atoms with E-state index in [0.29, 0.717) is 17.1 Å². The molecule has 0 saturated carbocycles. The Labute approximate surface area is 180 Å². The molecule has 4 heteroatoms. The van der Waals surface area contributed by atoms with Crippen LogP contribution in [0.1, 0.15) is 68.2 Å². The molecule has 4 aromatic rings. The van der Waals surface area contributed by atoms with Gasteiger partial charge in [-0.1, -0.05) is 20.8 Å². The van der Waals surface area contributed by atoms with Gasteiger partial charge >= 0.3 is 5.63 Å². The Morgan fingerprint density at radius 1 is 1.13 bits per heavy atom.